The number of rotatable bonds is 2. The van der Waals surface area contributed by atoms with E-state index in [1.165, 1.54) is 10.8 Å². The van der Waals surface area contributed by atoms with E-state index in [1.807, 2.05) is 24.4 Å². The van der Waals surface area contributed by atoms with Gasteiger partial charge in [0, 0.05) is 38.1 Å². The highest BCUT2D eigenvalue weighted by atomic mass is 16.3. The highest BCUT2D eigenvalue weighted by Gasteiger charge is 2.18. The quantitative estimate of drug-likeness (QED) is 0.182. The molecule has 0 bridgehead atoms. The van der Waals surface area contributed by atoms with E-state index in [0.29, 0.717) is 0 Å². The molecule has 0 aliphatic rings. The second-order valence-electron chi connectivity index (χ2n) is 12.5. The fourth-order valence-corrected chi connectivity index (χ4v) is 7.63. The maximum absolute atomic E-state index is 6.72. The highest BCUT2D eigenvalue weighted by Crippen LogP contribution is 2.42. The predicted molar refractivity (Wildman–Crippen MR) is 197 cm³/mol. The van der Waals surface area contributed by atoms with Gasteiger partial charge in [-0.05, 0) is 57.4 Å². The summed E-state index contributed by atoms with van der Waals surface area (Å²) in [6.07, 6.45) is 1.90. The van der Waals surface area contributed by atoms with Crippen molar-refractivity contribution in [3.63, 3.8) is 0 Å². The molecule has 0 unspecified atom stereocenters. The third-order valence-electron chi connectivity index (χ3n) is 9.88. The van der Waals surface area contributed by atoms with Crippen LogP contribution in [-0.4, -0.2) is 9.97 Å². The maximum atomic E-state index is 6.72. The monoisotopic (exact) mass is 612 g/mol. The number of aromatic nitrogens is 2. The lowest BCUT2D eigenvalue weighted by Crippen LogP contribution is -1.92. The van der Waals surface area contributed by atoms with Gasteiger partial charge in [0.25, 0.3) is 0 Å². The first-order valence-corrected chi connectivity index (χ1v) is 16.1. The van der Waals surface area contributed by atoms with Gasteiger partial charge in [-0.3, -0.25) is 4.98 Å². The number of fused-ring (bicyclic) bond motifs is 14. The fraction of sp³-hybridized carbons (Fsp3) is 0. The minimum atomic E-state index is 0.837. The average Bonchev–Trinajstić information content (AvgIpc) is 3.73. The molecule has 4 nitrogen and oxygen atoms in total. The largest absolute Gasteiger partial charge is 0.456 e. The predicted octanol–water partition coefficient (Wildman–Crippen LogP) is 12.2. The molecule has 222 valence electrons. The van der Waals surface area contributed by atoms with Crippen LogP contribution in [-0.2, 0) is 0 Å². The summed E-state index contributed by atoms with van der Waals surface area (Å²) >= 11 is 0. The van der Waals surface area contributed by atoms with Gasteiger partial charge in [-0.15, -0.1) is 0 Å². The Hall–Kier alpha value is -6.52. The zero-order valence-corrected chi connectivity index (χ0v) is 25.6. The van der Waals surface area contributed by atoms with Crippen LogP contribution in [0.15, 0.2) is 155 Å². The van der Waals surface area contributed by atoms with E-state index < -0.39 is 0 Å². The number of hydrogen-bond donors (Lipinski definition) is 0. The molecule has 0 fully saturated rings. The zero-order chi connectivity index (χ0) is 31.3. The van der Waals surface area contributed by atoms with Crippen LogP contribution in [0.1, 0.15) is 0 Å². The fourth-order valence-electron chi connectivity index (χ4n) is 7.63. The molecular weight excluding hydrogens is 588 g/mol. The van der Waals surface area contributed by atoms with Crippen LogP contribution < -0.4 is 0 Å². The van der Waals surface area contributed by atoms with Crippen LogP contribution in [0, 0.1) is 0 Å². The molecule has 3 heterocycles. The molecule has 4 heteroatoms. The number of nitrogens with zero attached hydrogens (tertiary/aromatic N) is 2. The Balaban J connectivity index is 1.05. The summed E-state index contributed by atoms with van der Waals surface area (Å²) in [4.78, 5) is 10.2. The van der Waals surface area contributed by atoms with Crippen LogP contribution in [0.4, 0.5) is 0 Å². The van der Waals surface area contributed by atoms with Gasteiger partial charge in [-0.2, -0.15) is 0 Å². The summed E-state index contributed by atoms with van der Waals surface area (Å²) < 4.78 is 12.9. The Bertz CT molecular complexity index is 3100. The standard InChI is InChI=1S/C44H24N2O2/c1-3-10-32-30(8-1)31-9-2-4-11-33(31)42-41(32)45-24-37(46-42)28-19-17-25-22-27(18-16-26(25)23-28)29-13-7-14-34-35-20-21-39-40(44(35)48-43(29)34)36-12-5-6-15-38(36)47-39/h1-24H. The summed E-state index contributed by atoms with van der Waals surface area (Å²) in [6.45, 7) is 0. The Labute approximate surface area is 273 Å². The smallest absolute Gasteiger partial charge is 0.147 e. The molecule has 0 atom stereocenters. The number of hydrogen-bond acceptors (Lipinski definition) is 4. The molecule has 8 aromatic carbocycles. The summed E-state index contributed by atoms with van der Waals surface area (Å²) in [6, 6.07) is 48.8. The molecule has 11 rings (SSSR count). The van der Waals surface area contributed by atoms with Crippen molar-refractivity contribution in [3.8, 4) is 22.4 Å². The molecule has 48 heavy (non-hydrogen) atoms. The van der Waals surface area contributed by atoms with Crippen LogP contribution >= 0.6 is 0 Å². The first kappa shape index (κ1) is 25.6. The van der Waals surface area contributed by atoms with E-state index in [2.05, 4.69) is 121 Å². The Kier molecular flexibility index (Phi) is 5.08. The van der Waals surface area contributed by atoms with E-state index in [-0.39, 0.29) is 0 Å². The van der Waals surface area contributed by atoms with Gasteiger partial charge in [-0.1, -0.05) is 109 Å². The summed E-state index contributed by atoms with van der Waals surface area (Å²) in [7, 11) is 0. The second-order valence-corrected chi connectivity index (χ2v) is 12.5. The summed E-state index contributed by atoms with van der Waals surface area (Å²) in [5.74, 6) is 0. The van der Waals surface area contributed by atoms with E-state index in [0.717, 1.165) is 98.8 Å². The van der Waals surface area contributed by atoms with Gasteiger partial charge in [0.2, 0.25) is 0 Å². The Morgan fingerprint density at radius 2 is 1.06 bits per heavy atom. The Morgan fingerprint density at radius 3 is 1.88 bits per heavy atom. The highest BCUT2D eigenvalue weighted by molar-refractivity contribution is 6.24. The molecule has 0 aliphatic carbocycles. The lowest BCUT2D eigenvalue weighted by molar-refractivity contribution is 0.663. The van der Waals surface area contributed by atoms with Crippen molar-refractivity contribution in [1.29, 1.82) is 0 Å². The minimum Gasteiger partial charge on any atom is -0.456 e. The van der Waals surface area contributed by atoms with Gasteiger partial charge in [-0.25, -0.2) is 4.98 Å². The van der Waals surface area contributed by atoms with Gasteiger partial charge >= 0.3 is 0 Å². The lowest BCUT2D eigenvalue weighted by Gasteiger charge is -2.11. The van der Waals surface area contributed by atoms with Crippen LogP contribution in [0.3, 0.4) is 0 Å². The first-order valence-electron chi connectivity index (χ1n) is 16.1. The van der Waals surface area contributed by atoms with Crippen molar-refractivity contribution >= 4 is 87.2 Å². The molecule has 0 amide bonds. The van der Waals surface area contributed by atoms with E-state index in [1.54, 1.807) is 0 Å². The SMILES string of the molecule is c1ccc2c(c1)oc1ccc3c4cccc(-c5ccc6cc(-c7cnc8c9ccccc9c9ccccc9c8n7)ccc6c5)c4oc3c12. The molecule has 0 saturated heterocycles. The van der Waals surface area contributed by atoms with Crippen molar-refractivity contribution in [3.05, 3.63) is 146 Å². The van der Waals surface area contributed by atoms with Crippen LogP contribution in [0.25, 0.3) is 110 Å². The normalized spacial score (nSPS) is 12.2. The average molecular weight is 613 g/mol. The van der Waals surface area contributed by atoms with Gasteiger partial charge < -0.3 is 8.83 Å². The minimum absolute atomic E-state index is 0.837. The molecule has 0 aliphatic heterocycles. The van der Waals surface area contributed by atoms with Gasteiger partial charge in [0.1, 0.15) is 22.3 Å². The van der Waals surface area contributed by atoms with E-state index in [9.17, 15) is 0 Å². The van der Waals surface area contributed by atoms with Crippen molar-refractivity contribution in [1.82, 2.24) is 9.97 Å². The summed E-state index contributed by atoms with van der Waals surface area (Å²) in [5, 5.41) is 11.2. The molecule has 0 spiro atoms. The molecule has 3 aromatic heterocycles. The van der Waals surface area contributed by atoms with Crippen molar-refractivity contribution in [2.45, 2.75) is 0 Å². The van der Waals surface area contributed by atoms with Crippen molar-refractivity contribution in [2.24, 2.45) is 0 Å². The molecule has 0 radical (unpaired) electrons. The second kappa shape index (κ2) is 9.50. The van der Waals surface area contributed by atoms with Gasteiger partial charge in [0.15, 0.2) is 0 Å². The molecule has 0 N–H and O–H groups in total. The molecular formula is C44H24N2O2. The third kappa shape index (κ3) is 3.54. The van der Waals surface area contributed by atoms with Crippen molar-refractivity contribution < 1.29 is 8.83 Å². The number of para-hydroxylation sites is 2. The third-order valence-corrected chi connectivity index (χ3v) is 9.88. The number of benzene rings is 8. The van der Waals surface area contributed by atoms with E-state index >= 15 is 0 Å². The Morgan fingerprint density at radius 1 is 0.417 bits per heavy atom. The van der Waals surface area contributed by atoms with Crippen LogP contribution in [0.2, 0.25) is 0 Å². The number of furan rings is 2. The topological polar surface area (TPSA) is 52.1 Å². The zero-order valence-electron chi connectivity index (χ0n) is 25.6. The maximum Gasteiger partial charge on any atom is 0.147 e. The van der Waals surface area contributed by atoms with Crippen molar-refractivity contribution in [2.75, 3.05) is 0 Å². The van der Waals surface area contributed by atoms with Crippen LogP contribution in [0.5, 0.6) is 0 Å². The first-order chi connectivity index (χ1) is 23.8. The molecule has 0 saturated carbocycles. The molecule has 11 aromatic rings. The van der Waals surface area contributed by atoms with Gasteiger partial charge in [0.05, 0.1) is 28.3 Å². The summed E-state index contributed by atoms with van der Waals surface area (Å²) in [5.41, 5.74) is 9.38. The lowest BCUT2D eigenvalue weighted by atomic mass is 9.97. The van der Waals surface area contributed by atoms with E-state index in [4.69, 9.17) is 18.8 Å².